The predicted molar refractivity (Wildman–Crippen MR) is 74.1 cm³/mol. The fourth-order valence-corrected chi connectivity index (χ4v) is 2.34. The molecule has 1 aromatic rings. The lowest BCUT2D eigenvalue weighted by Crippen LogP contribution is -2.34. The van der Waals surface area contributed by atoms with Gasteiger partial charge in [-0.15, -0.1) is 0 Å². The van der Waals surface area contributed by atoms with Crippen LogP contribution in [0.5, 0.6) is 0 Å². The smallest absolute Gasteiger partial charge is 0.251 e. The predicted octanol–water partition coefficient (Wildman–Crippen LogP) is 3.32. The maximum absolute atomic E-state index is 11.8. The van der Waals surface area contributed by atoms with Crippen LogP contribution in [0.4, 0.5) is 0 Å². The van der Waals surface area contributed by atoms with Crippen molar-refractivity contribution in [3.8, 4) is 0 Å². The lowest BCUT2D eigenvalue weighted by molar-refractivity contribution is 0.0943. The second-order valence-electron chi connectivity index (χ2n) is 3.54. The highest BCUT2D eigenvalue weighted by atomic mass is 79.9. The molecule has 88 valence electrons. The molecule has 0 fully saturated rings. The number of nitrogens with one attached hydrogen (secondary N) is 1. The molecule has 0 bridgehead atoms. The van der Waals surface area contributed by atoms with E-state index in [1.54, 1.807) is 0 Å². The molecule has 0 spiro atoms. The maximum atomic E-state index is 11.8. The van der Waals surface area contributed by atoms with Crippen LogP contribution >= 0.6 is 27.7 Å². The van der Waals surface area contributed by atoms with Gasteiger partial charge in [0.05, 0.1) is 0 Å². The zero-order valence-electron chi connectivity index (χ0n) is 9.50. The maximum Gasteiger partial charge on any atom is 0.251 e. The number of carbonyl (C=O) groups is 1. The van der Waals surface area contributed by atoms with Crippen LogP contribution in [0.1, 0.15) is 24.2 Å². The van der Waals surface area contributed by atoms with E-state index in [1.807, 2.05) is 43.0 Å². The first-order chi connectivity index (χ1) is 7.63. The molecule has 0 aliphatic heterocycles. The summed E-state index contributed by atoms with van der Waals surface area (Å²) in [7, 11) is 0. The molecule has 1 aromatic carbocycles. The molecule has 1 rings (SSSR count). The van der Waals surface area contributed by atoms with Crippen molar-refractivity contribution in [2.45, 2.75) is 19.9 Å². The fraction of sp³-hybridized carbons (Fsp3) is 0.417. The van der Waals surface area contributed by atoms with Gasteiger partial charge < -0.3 is 5.32 Å². The van der Waals surface area contributed by atoms with Gasteiger partial charge in [0.25, 0.3) is 5.91 Å². The van der Waals surface area contributed by atoms with Crippen LogP contribution in [-0.4, -0.2) is 23.5 Å². The third-order valence-electron chi connectivity index (χ3n) is 2.04. The van der Waals surface area contributed by atoms with Crippen molar-refractivity contribution in [3.05, 3.63) is 34.3 Å². The number of carbonyl (C=O) groups excluding carboxylic acids is 1. The quantitative estimate of drug-likeness (QED) is 0.904. The van der Waals surface area contributed by atoms with Gasteiger partial charge in [-0.05, 0) is 30.9 Å². The summed E-state index contributed by atoms with van der Waals surface area (Å²) in [5.41, 5.74) is 0.697. The summed E-state index contributed by atoms with van der Waals surface area (Å²) in [6.07, 6.45) is 0. The lowest BCUT2D eigenvalue weighted by atomic mass is 10.2. The van der Waals surface area contributed by atoms with E-state index in [0.29, 0.717) is 5.56 Å². The van der Waals surface area contributed by atoms with Gasteiger partial charge in [-0.2, -0.15) is 11.8 Å². The van der Waals surface area contributed by atoms with E-state index < -0.39 is 0 Å². The highest BCUT2D eigenvalue weighted by molar-refractivity contribution is 9.10. The summed E-state index contributed by atoms with van der Waals surface area (Å²) in [5.74, 6) is 2.03. The zero-order valence-corrected chi connectivity index (χ0v) is 11.9. The van der Waals surface area contributed by atoms with E-state index >= 15 is 0 Å². The van der Waals surface area contributed by atoms with Gasteiger partial charge >= 0.3 is 0 Å². The van der Waals surface area contributed by atoms with Gasteiger partial charge in [-0.3, -0.25) is 4.79 Å². The molecule has 0 aliphatic rings. The van der Waals surface area contributed by atoms with Gasteiger partial charge in [-0.25, -0.2) is 0 Å². The molecule has 1 atom stereocenters. The van der Waals surface area contributed by atoms with Gasteiger partial charge in [0, 0.05) is 21.8 Å². The first-order valence-electron chi connectivity index (χ1n) is 5.27. The molecule has 1 N–H and O–H groups in total. The number of hydrogen-bond donors (Lipinski definition) is 1. The monoisotopic (exact) mass is 301 g/mol. The Hall–Kier alpha value is -0.480. The Bertz CT molecular complexity index is 357. The summed E-state index contributed by atoms with van der Waals surface area (Å²) in [5, 5.41) is 2.98. The third kappa shape index (κ3) is 4.58. The standard InChI is InChI=1S/C12H16BrNOS/c1-3-16-8-9(2)14-12(15)10-5-4-6-11(13)7-10/h4-7,9H,3,8H2,1-2H3,(H,14,15). The van der Waals surface area contributed by atoms with Crippen molar-refractivity contribution in [3.63, 3.8) is 0 Å². The molecule has 0 saturated heterocycles. The number of halogens is 1. The highest BCUT2D eigenvalue weighted by Crippen LogP contribution is 2.12. The molecular weight excluding hydrogens is 286 g/mol. The Morgan fingerprint density at radius 3 is 2.94 bits per heavy atom. The van der Waals surface area contributed by atoms with Crippen molar-refractivity contribution in [2.24, 2.45) is 0 Å². The molecule has 1 unspecified atom stereocenters. The Kier molecular flexibility index (Phi) is 5.91. The number of rotatable bonds is 5. The number of hydrogen-bond acceptors (Lipinski definition) is 2. The average molecular weight is 302 g/mol. The SMILES string of the molecule is CCSCC(C)NC(=O)c1cccc(Br)c1. The third-order valence-corrected chi connectivity index (χ3v) is 3.67. The number of benzene rings is 1. The highest BCUT2D eigenvalue weighted by Gasteiger charge is 2.09. The van der Waals surface area contributed by atoms with Crippen LogP contribution in [0.25, 0.3) is 0 Å². The van der Waals surface area contributed by atoms with Crippen LogP contribution in [0, 0.1) is 0 Å². The number of thioether (sulfide) groups is 1. The first-order valence-corrected chi connectivity index (χ1v) is 7.22. The minimum atomic E-state index is -0.00879. The molecular formula is C12H16BrNOS. The fourth-order valence-electron chi connectivity index (χ4n) is 1.27. The van der Waals surface area contributed by atoms with Crippen LogP contribution in [0.15, 0.2) is 28.7 Å². The topological polar surface area (TPSA) is 29.1 Å². The number of amides is 1. The Morgan fingerprint density at radius 2 is 2.31 bits per heavy atom. The summed E-state index contributed by atoms with van der Waals surface area (Å²) in [6, 6.07) is 7.63. The van der Waals surface area contributed by atoms with E-state index in [9.17, 15) is 4.79 Å². The van der Waals surface area contributed by atoms with Crippen molar-refractivity contribution in [1.29, 1.82) is 0 Å². The van der Waals surface area contributed by atoms with E-state index in [2.05, 4.69) is 28.2 Å². The molecule has 16 heavy (non-hydrogen) atoms. The van der Waals surface area contributed by atoms with Crippen molar-refractivity contribution in [1.82, 2.24) is 5.32 Å². The zero-order chi connectivity index (χ0) is 12.0. The summed E-state index contributed by atoms with van der Waals surface area (Å²) in [6.45, 7) is 4.14. The molecule has 2 nitrogen and oxygen atoms in total. The second kappa shape index (κ2) is 6.97. The van der Waals surface area contributed by atoms with Gasteiger partial charge in [0.1, 0.15) is 0 Å². The Morgan fingerprint density at radius 1 is 1.56 bits per heavy atom. The molecule has 0 radical (unpaired) electrons. The minimum absolute atomic E-state index is 0.00879. The van der Waals surface area contributed by atoms with E-state index in [4.69, 9.17) is 0 Å². The van der Waals surface area contributed by atoms with Crippen LogP contribution < -0.4 is 5.32 Å². The minimum Gasteiger partial charge on any atom is -0.349 e. The van der Waals surface area contributed by atoms with Gasteiger partial charge in [0.15, 0.2) is 0 Å². The molecule has 0 heterocycles. The van der Waals surface area contributed by atoms with Crippen molar-refractivity contribution < 1.29 is 4.79 Å². The normalized spacial score (nSPS) is 12.2. The molecule has 4 heteroatoms. The van der Waals surface area contributed by atoms with Crippen molar-refractivity contribution >= 4 is 33.6 Å². The molecule has 1 amide bonds. The largest absolute Gasteiger partial charge is 0.349 e. The molecule has 0 saturated carbocycles. The second-order valence-corrected chi connectivity index (χ2v) is 5.78. The molecule has 0 aromatic heterocycles. The molecule has 0 aliphatic carbocycles. The summed E-state index contributed by atoms with van der Waals surface area (Å²) in [4.78, 5) is 11.8. The van der Waals surface area contributed by atoms with Crippen LogP contribution in [0.3, 0.4) is 0 Å². The van der Waals surface area contributed by atoms with Crippen molar-refractivity contribution in [2.75, 3.05) is 11.5 Å². The van der Waals surface area contributed by atoms with Crippen LogP contribution in [0.2, 0.25) is 0 Å². The van der Waals surface area contributed by atoms with Crippen LogP contribution in [-0.2, 0) is 0 Å². The van der Waals surface area contributed by atoms with E-state index in [1.165, 1.54) is 0 Å². The Balaban J connectivity index is 2.52. The first kappa shape index (κ1) is 13.6. The summed E-state index contributed by atoms with van der Waals surface area (Å²) >= 11 is 5.19. The summed E-state index contributed by atoms with van der Waals surface area (Å²) < 4.78 is 0.927. The average Bonchev–Trinajstić information content (AvgIpc) is 2.26. The Labute approximate surface area is 109 Å². The van der Waals surface area contributed by atoms with E-state index in [0.717, 1.165) is 16.0 Å². The van der Waals surface area contributed by atoms with Gasteiger partial charge in [-0.1, -0.05) is 28.9 Å². The van der Waals surface area contributed by atoms with Gasteiger partial charge in [0.2, 0.25) is 0 Å². The van der Waals surface area contributed by atoms with E-state index in [-0.39, 0.29) is 11.9 Å². The lowest BCUT2D eigenvalue weighted by Gasteiger charge is -2.13.